The molecule has 1 aromatic rings. The maximum atomic E-state index is 5.24. The summed E-state index contributed by atoms with van der Waals surface area (Å²) in [5.74, 6) is 5.12. The van der Waals surface area contributed by atoms with E-state index in [0.717, 1.165) is 11.5 Å². The summed E-state index contributed by atoms with van der Waals surface area (Å²) < 4.78 is 15.6. The summed E-state index contributed by atoms with van der Waals surface area (Å²) in [6.07, 6.45) is 5.07. The average molecular weight is 176 g/mol. The van der Waals surface area contributed by atoms with Crippen molar-refractivity contribution in [3.63, 3.8) is 0 Å². The third-order valence-corrected chi connectivity index (χ3v) is 1.77. The molecule has 3 nitrogen and oxygen atoms in total. The second-order valence-corrected chi connectivity index (χ2v) is 2.52. The quantitative estimate of drug-likeness (QED) is 0.667. The Labute approximate surface area is 76.2 Å². The van der Waals surface area contributed by atoms with Crippen molar-refractivity contribution in [2.45, 2.75) is 0 Å². The van der Waals surface area contributed by atoms with Gasteiger partial charge in [0.15, 0.2) is 11.5 Å². The normalized spacial score (nSPS) is 10.8. The summed E-state index contributed by atoms with van der Waals surface area (Å²) in [6, 6.07) is 3.60. The van der Waals surface area contributed by atoms with Crippen LogP contribution >= 0.6 is 0 Å². The van der Waals surface area contributed by atoms with E-state index in [4.69, 9.17) is 20.6 Å². The molecule has 0 radical (unpaired) electrons. The van der Waals surface area contributed by atoms with Gasteiger partial charge in [0.2, 0.25) is 11.5 Å². The summed E-state index contributed by atoms with van der Waals surface area (Å²) in [7, 11) is 1.59. The van der Waals surface area contributed by atoms with Crippen molar-refractivity contribution in [1.29, 1.82) is 0 Å². The summed E-state index contributed by atoms with van der Waals surface area (Å²) in [6.45, 7) is 0.235. The molecule has 3 heteroatoms. The first-order chi connectivity index (χ1) is 6.36. The number of fused-ring (bicyclic) bond motifs is 2. The molecular formula is C10H8O3. The van der Waals surface area contributed by atoms with Crippen molar-refractivity contribution in [3.8, 4) is 35.3 Å². The molecule has 66 valence electrons. The Kier molecular flexibility index (Phi) is 1.75. The van der Waals surface area contributed by atoms with E-state index in [9.17, 15) is 0 Å². The van der Waals surface area contributed by atoms with E-state index in [1.807, 2.05) is 6.07 Å². The number of rotatable bonds is 3. The van der Waals surface area contributed by atoms with Crippen LogP contribution in [0.15, 0.2) is 12.1 Å². The Morgan fingerprint density at radius 1 is 1.54 bits per heavy atom. The van der Waals surface area contributed by atoms with E-state index in [2.05, 4.69) is 5.92 Å². The fraction of sp³-hybridized carbons (Fsp3) is 0.200. The van der Waals surface area contributed by atoms with Crippen LogP contribution in [0.25, 0.3) is 0 Å². The monoisotopic (exact) mass is 176 g/mol. The van der Waals surface area contributed by atoms with Gasteiger partial charge in [0, 0.05) is 0 Å². The maximum Gasteiger partial charge on any atom is 0.215 e. The second kappa shape index (κ2) is 2.91. The zero-order valence-corrected chi connectivity index (χ0v) is 7.16. The van der Waals surface area contributed by atoms with Gasteiger partial charge in [-0.3, -0.25) is 0 Å². The standard InChI is InChI=1S/C10H8O3/c1-3-6-12-7-4-5-8-9(11-2)10(7)13-8/h1,4-5H,6H2,2H3. The molecule has 0 spiro atoms. The van der Waals surface area contributed by atoms with E-state index in [1.165, 1.54) is 0 Å². The van der Waals surface area contributed by atoms with Gasteiger partial charge < -0.3 is 14.2 Å². The minimum absolute atomic E-state index is 0.235. The van der Waals surface area contributed by atoms with Gasteiger partial charge in [-0.25, -0.2) is 0 Å². The number of terminal acetylenes is 1. The van der Waals surface area contributed by atoms with Crippen LogP contribution in [0.1, 0.15) is 0 Å². The number of ether oxygens (including phenoxy) is 3. The Hall–Kier alpha value is -1.82. The summed E-state index contributed by atoms with van der Waals surface area (Å²) in [5.41, 5.74) is 0. The SMILES string of the molecule is C#CCOc1ccc2c(OC)c1O2. The van der Waals surface area contributed by atoms with Crippen LogP contribution in [0.3, 0.4) is 0 Å². The molecule has 0 unspecified atom stereocenters. The van der Waals surface area contributed by atoms with Crippen molar-refractivity contribution in [1.82, 2.24) is 0 Å². The van der Waals surface area contributed by atoms with Crippen LogP contribution in [0, 0.1) is 12.3 Å². The number of hydrogen-bond donors (Lipinski definition) is 0. The van der Waals surface area contributed by atoms with Crippen LogP contribution < -0.4 is 14.2 Å². The first-order valence-corrected chi connectivity index (χ1v) is 3.82. The second-order valence-electron chi connectivity index (χ2n) is 2.52. The lowest BCUT2D eigenvalue weighted by Crippen LogP contribution is -2.05. The lowest BCUT2D eigenvalue weighted by molar-refractivity contribution is 0.283. The van der Waals surface area contributed by atoms with Crippen molar-refractivity contribution in [2.75, 3.05) is 13.7 Å². The molecule has 2 aliphatic rings. The Bertz CT molecular complexity index is 376. The van der Waals surface area contributed by atoms with Gasteiger partial charge in [0.25, 0.3) is 0 Å². The van der Waals surface area contributed by atoms with Gasteiger partial charge in [0.1, 0.15) is 6.61 Å². The zero-order chi connectivity index (χ0) is 9.26. The predicted octanol–water partition coefficient (Wildman–Crippen LogP) is 1.81. The fourth-order valence-electron chi connectivity index (χ4n) is 1.19. The van der Waals surface area contributed by atoms with Crippen molar-refractivity contribution >= 4 is 0 Å². The lowest BCUT2D eigenvalue weighted by Gasteiger charge is -2.24. The van der Waals surface area contributed by atoms with E-state index >= 15 is 0 Å². The first-order valence-electron chi connectivity index (χ1n) is 3.82. The van der Waals surface area contributed by atoms with E-state index in [0.29, 0.717) is 11.5 Å². The molecule has 0 aliphatic carbocycles. The highest BCUT2D eigenvalue weighted by atomic mass is 16.6. The van der Waals surface area contributed by atoms with Crippen LogP contribution in [-0.2, 0) is 0 Å². The van der Waals surface area contributed by atoms with Gasteiger partial charge >= 0.3 is 0 Å². The first kappa shape index (κ1) is 7.81. The van der Waals surface area contributed by atoms with Gasteiger partial charge in [-0.2, -0.15) is 0 Å². The molecule has 2 bridgehead atoms. The lowest BCUT2D eigenvalue weighted by atomic mass is 10.2. The van der Waals surface area contributed by atoms with Gasteiger partial charge in [-0.05, 0) is 12.1 Å². The topological polar surface area (TPSA) is 27.7 Å². The van der Waals surface area contributed by atoms with Gasteiger partial charge in [0.05, 0.1) is 7.11 Å². The van der Waals surface area contributed by atoms with Crippen LogP contribution in [0.5, 0.6) is 23.0 Å². The molecule has 0 aromatic heterocycles. The van der Waals surface area contributed by atoms with Crippen molar-refractivity contribution < 1.29 is 14.2 Å². The molecule has 2 heterocycles. The molecule has 0 saturated heterocycles. The Balaban J connectivity index is 2.25. The summed E-state index contributed by atoms with van der Waals surface area (Å²) >= 11 is 0. The Morgan fingerprint density at radius 3 is 3.00 bits per heavy atom. The molecule has 0 atom stereocenters. The zero-order valence-electron chi connectivity index (χ0n) is 7.16. The van der Waals surface area contributed by atoms with Crippen molar-refractivity contribution in [2.24, 2.45) is 0 Å². The van der Waals surface area contributed by atoms with Crippen LogP contribution in [-0.4, -0.2) is 13.7 Å². The molecule has 0 saturated carbocycles. The van der Waals surface area contributed by atoms with Crippen molar-refractivity contribution in [3.05, 3.63) is 12.1 Å². The third-order valence-electron chi connectivity index (χ3n) is 1.77. The fourth-order valence-corrected chi connectivity index (χ4v) is 1.19. The minimum atomic E-state index is 0.235. The van der Waals surface area contributed by atoms with Crippen LogP contribution in [0.2, 0.25) is 0 Å². The van der Waals surface area contributed by atoms with E-state index in [-0.39, 0.29) is 6.61 Å². The van der Waals surface area contributed by atoms with E-state index in [1.54, 1.807) is 13.2 Å². The molecule has 0 amide bonds. The highest BCUT2D eigenvalue weighted by Crippen LogP contribution is 2.55. The molecule has 0 N–H and O–H groups in total. The summed E-state index contributed by atoms with van der Waals surface area (Å²) in [5, 5.41) is 0. The predicted molar refractivity (Wildman–Crippen MR) is 47.4 cm³/mol. The number of benzene rings is 1. The number of methoxy groups -OCH3 is 1. The molecule has 3 rings (SSSR count). The minimum Gasteiger partial charge on any atom is -0.490 e. The average Bonchev–Trinajstić information content (AvgIpc) is 2.15. The molecule has 0 fully saturated rings. The molecule has 2 aliphatic heterocycles. The maximum absolute atomic E-state index is 5.24. The third kappa shape index (κ3) is 1.07. The highest BCUT2D eigenvalue weighted by Gasteiger charge is 2.27. The van der Waals surface area contributed by atoms with Gasteiger partial charge in [-0.1, -0.05) is 5.92 Å². The molecule has 1 aromatic carbocycles. The highest BCUT2D eigenvalue weighted by molar-refractivity contribution is 5.67. The molecule has 13 heavy (non-hydrogen) atoms. The number of hydrogen-bond acceptors (Lipinski definition) is 3. The van der Waals surface area contributed by atoms with E-state index < -0.39 is 0 Å². The summed E-state index contributed by atoms with van der Waals surface area (Å²) in [4.78, 5) is 0. The Morgan fingerprint density at radius 2 is 2.38 bits per heavy atom. The molecular weight excluding hydrogens is 168 g/mol. The smallest absolute Gasteiger partial charge is 0.215 e. The largest absolute Gasteiger partial charge is 0.490 e. The van der Waals surface area contributed by atoms with Gasteiger partial charge in [-0.15, -0.1) is 6.42 Å². The van der Waals surface area contributed by atoms with Crippen LogP contribution in [0.4, 0.5) is 0 Å².